The van der Waals surface area contributed by atoms with E-state index in [-0.39, 0.29) is 18.3 Å². The fourth-order valence-corrected chi connectivity index (χ4v) is 4.41. The minimum atomic E-state index is -5.80. The first-order chi connectivity index (χ1) is 8.99. The molecule has 0 saturated heterocycles. The van der Waals surface area contributed by atoms with Gasteiger partial charge in [0.25, 0.3) is 4.75 Å². The zero-order chi connectivity index (χ0) is 15.3. The molecule has 0 heterocycles. The van der Waals surface area contributed by atoms with Gasteiger partial charge in [-0.1, -0.05) is 6.42 Å². The lowest BCUT2D eigenvalue weighted by atomic mass is 9.81. The second-order valence-corrected chi connectivity index (χ2v) is 6.91. The molecule has 20 heavy (non-hydrogen) atoms. The van der Waals surface area contributed by atoms with Crippen molar-refractivity contribution in [2.75, 3.05) is 0 Å². The summed E-state index contributed by atoms with van der Waals surface area (Å²) in [5.41, 5.74) is 0. The Labute approximate surface area is 114 Å². The number of hydrogen-bond acceptors (Lipinski definition) is 1. The van der Waals surface area contributed by atoms with Crippen LogP contribution in [0.25, 0.3) is 0 Å². The lowest BCUT2D eigenvalue weighted by molar-refractivity contribution is -0.272. The van der Waals surface area contributed by atoms with Crippen LogP contribution in [0, 0.1) is 17.8 Å². The van der Waals surface area contributed by atoms with Gasteiger partial charge in [-0.05, 0) is 43.4 Å². The summed E-state index contributed by atoms with van der Waals surface area (Å²) in [6.45, 7) is 0. The Morgan fingerprint density at radius 2 is 1.55 bits per heavy atom. The van der Waals surface area contributed by atoms with Crippen molar-refractivity contribution in [3.8, 4) is 0 Å². The van der Waals surface area contributed by atoms with Gasteiger partial charge in [0.2, 0.25) is 0 Å². The van der Waals surface area contributed by atoms with Crippen molar-refractivity contribution < 1.29 is 35.1 Å². The van der Waals surface area contributed by atoms with E-state index in [1.807, 2.05) is 0 Å². The van der Waals surface area contributed by atoms with Crippen molar-refractivity contribution in [2.45, 2.75) is 49.2 Å². The van der Waals surface area contributed by atoms with E-state index in [1.165, 1.54) is 0 Å². The third-order valence-electron chi connectivity index (χ3n) is 4.65. The molecule has 1 N–H and O–H groups in total. The first kappa shape index (κ1) is 16.1. The largest absolute Gasteiger partial charge is 0.416 e. The highest BCUT2D eigenvalue weighted by Crippen LogP contribution is 2.57. The summed E-state index contributed by atoms with van der Waals surface area (Å²) in [7, 11) is 0. The molecule has 2 fully saturated rings. The average molecular weight is 324 g/mol. The minimum Gasteiger partial charge on any atom is -0.305 e. The fourth-order valence-electron chi connectivity index (χ4n) is 3.66. The lowest BCUT2D eigenvalue weighted by Gasteiger charge is -2.37. The summed E-state index contributed by atoms with van der Waals surface area (Å²) in [6.07, 6.45) is -10.6. The highest BCUT2D eigenvalue weighted by Gasteiger charge is 2.75. The van der Waals surface area contributed by atoms with Crippen LogP contribution < -0.4 is 0 Å². The van der Waals surface area contributed by atoms with Crippen molar-refractivity contribution in [1.82, 2.24) is 0 Å². The highest BCUT2D eigenvalue weighted by atomic mass is 32.2. The van der Waals surface area contributed by atoms with Crippen molar-refractivity contribution in [2.24, 2.45) is 17.8 Å². The molecule has 0 spiro atoms. The molecule has 2 saturated carbocycles. The molecule has 0 amide bonds. The molecule has 2 nitrogen and oxygen atoms in total. The van der Waals surface area contributed by atoms with Gasteiger partial charge in [0.1, 0.15) is 0 Å². The van der Waals surface area contributed by atoms with Crippen LogP contribution in [0.5, 0.6) is 0 Å². The van der Waals surface area contributed by atoms with Gasteiger partial charge < -0.3 is 4.55 Å². The van der Waals surface area contributed by atoms with Crippen molar-refractivity contribution in [3.05, 3.63) is 0 Å². The van der Waals surface area contributed by atoms with Crippen LogP contribution in [0.3, 0.4) is 0 Å². The van der Waals surface area contributed by atoms with E-state index in [0.717, 1.165) is 6.42 Å². The molecule has 0 aromatic carbocycles. The molecule has 9 heteroatoms. The van der Waals surface area contributed by atoms with E-state index in [4.69, 9.17) is 4.55 Å². The molecule has 0 aromatic rings. The molecule has 0 radical (unpaired) electrons. The number of halogens is 6. The second kappa shape index (κ2) is 4.86. The van der Waals surface area contributed by atoms with Gasteiger partial charge in [-0.2, -0.15) is 26.3 Å². The standard InChI is InChI=1S/C11H14F6O2S/c12-10(13,14)9(20(18)19,11(15,16)17)5-8-4-6-1-2-7(8)3-6/h6-8H,1-5H2,(H,18,19). The molecular weight excluding hydrogens is 310 g/mol. The number of hydrogen-bond donors (Lipinski definition) is 1. The predicted octanol–water partition coefficient (Wildman–Crippen LogP) is 3.90. The zero-order valence-corrected chi connectivity index (χ0v) is 11.1. The van der Waals surface area contributed by atoms with Gasteiger partial charge in [0.05, 0.1) is 0 Å². The monoisotopic (exact) mass is 324 g/mol. The average Bonchev–Trinajstić information content (AvgIpc) is 2.82. The van der Waals surface area contributed by atoms with Crippen LogP contribution in [0.15, 0.2) is 0 Å². The van der Waals surface area contributed by atoms with Crippen LogP contribution >= 0.6 is 0 Å². The molecule has 118 valence electrons. The summed E-state index contributed by atoms with van der Waals surface area (Å²) < 4.78 is 92.9. The topological polar surface area (TPSA) is 37.3 Å². The minimum absolute atomic E-state index is 0.163. The highest BCUT2D eigenvalue weighted by molar-refractivity contribution is 7.81. The quantitative estimate of drug-likeness (QED) is 0.631. The van der Waals surface area contributed by atoms with Gasteiger partial charge in [-0.3, -0.25) is 0 Å². The van der Waals surface area contributed by atoms with Gasteiger partial charge in [0, 0.05) is 0 Å². The molecular formula is C11H14F6O2S. The van der Waals surface area contributed by atoms with E-state index in [1.54, 1.807) is 0 Å². The summed E-state index contributed by atoms with van der Waals surface area (Å²) in [5, 5.41) is 0. The van der Waals surface area contributed by atoms with Crippen molar-refractivity contribution >= 4 is 11.1 Å². The van der Waals surface area contributed by atoms with E-state index in [9.17, 15) is 30.6 Å². The zero-order valence-electron chi connectivity index (χ0n) is 10.3. The summed E-state index contributed by atoms with van der Waals surface area (Å²) in [6, 6.07) is 0. The van der Waals surface area contributed by atoms with Crippen LogP contribution in [0.1, 0.15) is 32.1 Å². The van der Waals surface area contributed by atoms with Crippen molar-refractivity contribution in [1.29, 1.82) is 0 Å². The smallest absolute Gasteiger partial charge is 0.305 e. The first-order valence-corrected chi connectivity index (χ1v) is 7.34. The number of alkyl halides is 6. The summed E-state index contributed by atoms with van der Waals surface area (Å²) >= 11 is -4.05. The van der Waals surface area contributed by atoms with Crippen LogP contribution in [-0.2, 0) is 11.1 Å². The van der Waals surface area contributed by atoms with E-state index in [0.29, 0.717) is 12.8 Å². The maximum absolute atomic E-state index is 12.9. The normalized spacial score (nSPS) is 32.6. The predicted molar refractivity (Wildman–Crippen MR) is 59.2 cm³/mol. The molecule has 0 aliphatic heterocycles. The molecule has 2 bridgehead atoms. The maximum Gasteiger partial charge on any atom is 0.416 e. The van der Waals surface area contributed by atoms with Crippen LogP contribution in [0.4, 0.5) is 26.3 Å². The molecule has 2 aliphatic carbocycles. The van der Waals surface area contributed by atoms with E-state index < -0.39 is 40.5 Å². The second-order valence-electron chi connectivity index (χ2n) is 5.71. The molecule has 0 aromatic heterocycles. The Bertz CT molecular complexity index is 391. The van der Waals surface area contributed by atoms with E-state index >= 15 is 0 Å². The Kier molecular flexibility index (Phi) is 3.90. The van der Waals surface area contributed by atoms with Gasteiger partial charge in [-0.25, -0.2) is 4.21 Å². The molecule has 4 atom stereocenters. The molecule has 2 aliphatic rings. The Morgan fingerprint density at radius 3 is 1.85 bits per heavy atom. The first-order valence-electron chi connectivity index (χ1n) is 6.23. The van der Waals surface area contributed by atoms with Crippen molar-refractivity contribution in [3.63, 3.8) is 0 Å². The third-order valence-corrected chi connectivity index (χ3v) is 5.87. The summed E-state index contributed by atoms with van der Waals surface area (Å²) in [5.74, 6) is -0.808. The SMILES string of the molecule is O=S(O)C(CC1CC2CCC1C2)(C(F)(F)F)C(F)(F)F. The van der Waals surface area contributed by atoms with Gasteiger partial charge in [0.15, 0.2) is 11.1 Å². The van der Waals surface area contributed by atoms with Gasteiger partial charge in [-0.15, -0.1) is 0 Å². The van der Waals surface area contributed by atoms with Crippen LogP contribution in [-0.4, -0.2) is 25.9 Å². The summed E-state index contributed by atoms with van der Waals surface area (Å²) in [4.78, 5) is 0. The lowest BCUT2D eigenvalue weighted by Crippen LogP contribution is -2.60. The van der Waals surface area contributed by atoms with Gasteiger partial charge >= 0.3 is 12.4 Å². The molecule has 2 rings (SSSR count). The number of rotatable bonds is 3. The Hall–Kier alpha value is -0.310. The van der Waals surface area contributed by atoms with E-state index in [2.05, 4.69) is 0 Å². The van der Waals surface area contributed by atoms with Crippen LogP contribution in [0.2, 0.25) is 0 Å². The number of fused-ring (bicyclic) bond motifs is 2. The fraction of sp³-hybridized carbons (Fsp3) is 1.00. The maximum atomic E-state index is 12.9. The third kappa shape index (κ3) is 2.36. The Morgan fingerprint density at radius 1 is 1.00 bits per heavy atom. The molecule has 4 unspecified atom stereocenters. The Balaban J connectivity index is 2.34.